The number of hydrogen-bond donors (Lipinski definition) is 0. The van der Waals surface area contributed by atoms with Crippen molar-refractivity contribution in [1.29, 1.82) is 0 Å². The van der Waals surface area contributed by atoms with Gasteiger partial charge in [0.05, 0.1) is 5.02 Å². The predicted molar refractivity (Wildman–Crippen MR) is 74.7 cm³/mol. The largest absolute Gasteiger partial charge is 0.311 e. The Labute approximate surface area is 122 Å². The molecule has 8 heteroatoms. The van der Waals surface area contributed by atoms with E-state index in [0.717, 1.165) is 0 Å². The number of rotatable bonds is 2. The molecule has 1 aliphatic heterocycles. The van der Waals surface area contributed by atoms with Crippen molar-refractivity contribution < 1.29 is 13.2 Å². The van der Waals surface area contributed by atoms with Gasteiger partial charge in [0.15, 0.2) is 0 Å². The zero-order chi connectivity index (χ0) is 13.5. The summed E-state index contributed by atoms with van der Waals surface area (Å²) in [6.45, 7) is 0.0682. The van der Waals surface area contributed by atoms with E-state index in [9.17, 15) is 13.2 Å². The highest BCUT2D eigenvalue weighted by Gasteiger charge is 2.38. The lowest BCUT2D eigenvalue weighted by Crippen LogP contribution is -2.26. The highest BCUT2D eigenvalue weighted by molar-refractivity contribution is 9.10. The number of amides is 1. The number of nitrogens with zero attached hydrogens (tertiary/aromatic N) is 1. The first-order valence-electron chi connectivity index (χ1n) is 4.98. The zero-order valence-corrected chi connectivity index (χ0v) is 12.9. The van der Waals surface area contributed by atoms with Gasteiger partial charge in [-0.1, -0.05) is 11.6 Å². The monoisotopic (exact) mass is 371 g/mol. The van der Waals surface area contributed by atoms with E-state index >= 15 is 0 Å². The molecule has 1 aliphatic rings. The topological polar surface area (TPSA) is 54.5 Å². The van der Waals surface area contributed by atoms with E-state index in [2.05, 4.69) is 15.9 Å². The van der Waals surface area contributed by atoms with E-state index in [1.54, 1.807) is 18.2 Å². The fourth-order valence-electron chi connectivity index (χ4n) is 1.77. The molecule has 1 aromatic rings. The molecule has 18 heavy (non-hydrogen) atoms. The van der Waals surface area contributed by atoms with Gasteiger partial charge in [-0.15, -0.1) is 0 Å². The van der Waals surface area contributed by atoms with Crippen LogP contribution in [-0.4, -0.2) is 26.1 Å². The molecule has 1 saturated heterocycles. The smallest absolute Gasteiger partial charge is 0.237 e. The maximum atomic E-state index is 11.8. The molecule has 98 valence electrons. The van der Waals surface area contributed by atoms with Crippen LogP contribution in [0.4, 0.5) is 5.69 Å². The average molecular weight is 373 g/mol. The van der Waals surface area contributed by atoms with E-state index in [4.69, 9.17) is 22.3 Å². The molecule has 1 amide bonds. The van der Waals surface area contributed by atoms with Crippen molar-refractivity contribution in [2.24, 2.45) is 0 Å². The summed E-state index contributed by atoms with van der Waals surface area (Å²) in [4.78, 5) is 13.2. The molecular formula is C10H8BrCl2NO3S. The molecule has 1 aromatic carbocycles. The van der Waals surface area contributed by atoms with Gasteiger partial charge in [0.2, 0.25) is 15.0 Å². The van der Waals surface area contributed by atoms with Gasteiger partial charge in [0, 0.05) is 33.8 Å². The summed E-state index contributed by atoms with van der Waals surface area (Å²) in [7, 11) is 1.55. The van der Waals surface area contributed by atoms with E-state index in [1.165, 1.54) is 4.90 Å². The zero-order valence-electron chi connectivity index (χ0n) is 8.94. The first kappa shape index (κ1) is 14.1. The van der Waals surface area contributed by atoms with Crippen molar-refractivity contribution in [3.63, 3.8) is 0 Å². The fourth-order valence-corrected chi connectivity index (χ4v) is 3.28. The van der Waals surface area contributed by atoms with Gasteiger partial charge < -0.3 is 4.90 Å². The van der Waals surface area contributed by atoms with Gasteiger partial charge >= 0.3 is 0 Å². The van der Waals surface area contributed by atoms with Crippen molar-refractivity contribution in [2.45, 2.75) is 11.7 Å². The third kappa shape index (κ3) is 2.82. The lowest BCUT2D eigenvalue weighted by molar-refractivity contribution is -0.117. The van der Waals surface area contributed by atoms with E-state index < -0.39 is 14.3 Å². The first-order chi connectivity index (χ1) is 8.29. The summed E-state index contributed by atoms with van der Waals surface area (Å²) >= 11 is 9.11. The van der Waals surface area contributed by atoms with Crippen LogP contribution in [0.5, 0.6) is 0 Å². The second kappa shape index (κ2) is 5.00. The van der Waals surface area contributed by atoms with E-state index in [-0.39, 0.29) is 18.9 Å². The molecule has 0 aliphatic carbocycles. The van der Waals surface area contributed by atoms with Crippen molar-refractivity contribution in [3.8, 4) is 0 Å². The van der Waals surface area contributed by atoms with Gasteiger partial charge in [-0.3, -0.25) is 4.79 Å². The van der Waals surface area contributed by atoms with Gasteiger partial charge in [-0.2, -0.15) is 0 Å². The summed E-state index contributed by atoms with van der Waals surface area (Å²) in [5.74, 6) is -0.265. The quantitative estimate of drug-likeness (QED) is 0.750. The minimum atomic E-state index is -3.72. The van der Waals surface area contributed by atoms with E-state index in [1.807, 2.05) is 0 Å². The molecular weight excluding hydrogens is 365 g/mol. The molecule has 0 bridgehead atoms. The Bertz CT molecular complexity index is 605. The molecule has 0 saturated carbocycles. The van der Waals surface area contributed by atoms with Gasteiger partial charge in [-0.05, 0) is 34.1 Å². The Morgan fingerprint density at radius 2 is 2.06 bits per heavy atom. The van der Waals surface area contributed by atoms with Gasteiger partial charge in [0.1, 0.15) is 5.25 Å². The lowest BCUT2D eigenvalue weighted by atomic mass is 10.3. The highest BCUT2D eigenvalue weighted by Crippen LogP contribution is 2.31. The third-order valence-electron chi connectivity index (χ3n) is 2.70. The molecule has 1 atom stereocenters. The third-order valence-corrected chi connectivity index (χ3v) is 5.78. The average Bonchev–Trinajstić information content (AvgIpc) is 2.64. The second-order valence-corrected chi connectivity index (χ2v) is 8.07. The van der Waals surface area contributed by atoms with E-state index in [0.29, 0.717) is 15.2 Å². The number of benzene rings is 1. The van der Waals surface area contributed by atoms with Gasteiger partial charge in [-0.25, -0.2) is 8.42 Å². The van der Waals surface area contributed by atoms with Crippen LogP contribution in [0, 0.1) is 0 Å². The van der Waals surface area contributed by atoms with Gasteiger partial charge in [0.25, 0.3) is 0 Å². The number of hydrogen-bond acceptors (Lipinski definition) is 3. The molecule has 2 rings (SSSR count). The predicted octanol–water partition coefficient (Wildman–Crippen LogP) is 2.78. The second-order valence-electron chi connectivity index (χ2n) is 3.90. The summed E-state index contributed by atoms with van der Waals surface area (Å²) in [5, 5.41) is -0.340. The van der Waals surface area contributed by atoms with Crippen LogP contribution in [0.15, 0.2) is 22.7 Å². The molecule has 0 N–H and O–H groups in total. The molecule has 1 heterocycles. The Morgan fingerprint density at radius 3 is 2.56 bits per heavy atom. The number of anilines is 1. The standard InChI is InChI=1S/C10H8BrCl2NO3S/c11-8-3-6(1-2-9(8)12)14-5-7(4-10(14)15)18(13,16)17/h1-3,7H,4-5H2. The molecule has 0 radical (unpaired) electrons. The molecule has 4 nitrogen and oxygen atoms in total. The van der Waals surface area contributed by atoms with Crippen molar-refractivity contribution in [3.05, 3.63) is 27.7 Å². The van der Waals surface area contributed by atoms with Crippen LogP contribution in [0.3, 0.4) is 0 Å². The van der Waals surface area contributed by atoms with Crippen molar-refractivity contribution in [2.75, 3.05) is 11.4 Å². The van der Waals surface area contributed by atoms with Crippen LogP contribution in [-0.2, 0) is 13.8 Å². The maximum Gasteiger partial charge on any atom is 0.237 e. The fraction of sp³-hybridized carbons (Fsp3) is 0.300. The number of carbonyl (C=O) groups is 1. The lowest BCUT2D eigenvalue weighted by Gasteiger charge is -2.16. The summed E-state index contributed by atoms with van der Waals surface area (Å²) in [5.41, 5.74) is 0.596. The minimum Gasteiger partial charge on any atom is -0.311 e. The van der Waals surface area contributed by atoms with Crippen LogP contribution in [0.25, 0.3) is 0 Å². The minimum absolute atomic E-state index is 0.0682. The number of carbonyl (C=O) groups excluding carboxylic acids is 1. The van der Waals surface area contributed by atoms with Crippen LogP contribution >= 0.6 is 38.2 Å². The van der Waals surface area contributed by atoms with Crippen LogP contribution < -0.4 is 4.90 Å². The highest BCUT2D eigenvalue weighted by atomic mass is 79.9. The number of halogens is 3. The van der Waals surface area contributed by atoms with Crippen molar-refractivity contribution in [1.82, 2.24) is 0 Å². The summed E-state index contributed by atoms with van der Waals surface area (Å²) < 4.78 is 23.1. The summed E-state index contributed by atoms with van der Waals surface area (Å²) in [6.07, 6.45) is -0.0912. The Kier molecular flexibility index (Phi) is 3.92. The Morgan fingerprint density at radius 1 is 1.39 bits per heavy atom. The Hall–Kier alpha value is -0.300. The molecule has 0 aromatic heterocycles. The van der Waals surface area contributed by atoms with Crippen LogP contribution in [0.1, 0.15) is 6.42 Å². The summed E-state index contributed by atoms with van der Waals surface area (Å²) in [6, 6.07) is 4.97. The Balaban J connectivity index is 2.30. The normalized spacial score (nSPS) is 20.5. The SMILES string of the molecule is O=C1CC(S(=O)(=O)Cl)CN1c1ccc(Cl)c(Br)c1. The van der Waals surface area contributed by atoms with Crippen molar-refractivity contribution >= 4 is 58.9 Å². The van der Waals surface area contributed by atoms with Crippen LogP contribution in [0.2, 0.25) is 5.02 Å². The molecule has 1 fully saturated rings. The first-order valence-corrected chi connectivity index (χ1v) is 8.52. The molecule has 0 spiro atoms. The maximum absolute atomic E-state index is 11.8. The molecule has 1 unspecified atom stereocenters.